The highest BCUT2D eigenvalue weighted by Gasteiger charge is 2.56. The second-order valence-electron chi connectivity index (χ2n) is 7.64. The fraction of sp³-hybridized carbons (Fsp3) is 0.875. The summed E-state index contributed by atoms with van der Waals surface area (Å²) in [6, 6.07) is 0. The van der Waals surface area contributed by atoms with Crippen molar-refractivity contribution < 1.29 is 4.74 Å². The predicted octanol–water partition coefficient (Wildman–Crippen LogP) is 4.33. The van der Waals surface area contributed by atoms with Gasteiger partial charge in [0.15, 0.2) is 0 Å². The van der Waals surface area contributed by atoms with Gasteiger partial charge in [0, 0.05) is 11.8 Å². The molecule has 0 heterocycles. The van der Waals surface area contributed by atoms with Gasteiger partial charge in [-0.15, -0.1) is 0 Å². The normalized spacial score (nSPS) is 44.7. The van der Waals surface area contributed by atoms with Gasteiger partial charge in [-0.2, -0.15) is 0 Å². The van der Waals surface area contributed by atoms with Crippen LogP contribution >= 0.6 is 0 Å². The van der Waals surface area contributed by atoms with Crippen molar-refractivity contribution in [2.24, 2.45) is 17.3 Å². The Balaban J connectivity index is 1.88. The molecule has 1 nitrogen and oxygen atoms in total. The lowest BCUT2D eigenvalue weighted by Crippen LogP contribution is -2.34. The average molecular weight is 234 g/mol. The maximum atomic E-state index is 6.39. The minimum Gasteiger partial charge on any atom is -0.371 e. The summed E-state index contributed by atoms with van der Waals surface area (Å²) in [5, 5.41) is 0. The molecule has 0 aromatic carbocycles. The van der Waals surface area contributed by atoms with Gasteiger partial charge >= 0.3 is 0 Å². The molecular weight excluding hydrogens is 208 g/mol. The third kappa shape index (κ3) is 1.87. The highest BCUT2D eigenvalue weighted by molar-refractivity contribution is 5.29. The molecule has 1 heteroatoms. The maximum Gasteiger partial charge on any atom is 0.0715 e. The standard InChI is InChI=1S/C16H26O/c1-15(2,3)17-14-12-9-11-7-5-6-8-16(4,10-12)13(11)14/h9,12-14H,5-8,10H2,1-4H3/t12-,13-,14+,16+/m1/s1. The van der Waals surface area contributed by atoms with Crippen LogP contribution in [0.3, 0.4) is 0 Å². The highest BCUT2D eigenvalue weighted by Crippen LogP contribution is 2.61. The van der Waals surface area contributed by atoms with E-state index in [-0.39, 0.29) is 5.60 Å². The van der Waals surface area contributed by atoms with E-state index < -0.39 is 0 Å². The molecule has 2 fully saturated rings. The first-order chi connectivity index (χ1) is 7.89. The molecule has 0 radical (unpaired) electrons. The van der Waals surface area contributed by atoms with Crippen LogP contribution in [-0.4, -0.2) is 11.7 Å². The van der Waals surface area contributed by atoms with Crippen LogP contribution in [0.5, 0.6) is 0 Å². The van der Waals surface area contributed by atoms with Crippen molar-refractivity contribution in [2.45, 2.75) is 71.5 Å². The van der Waals surface area contributed by atoms with Gasteiger partial charge in [-0.25, -0.2) is 0 Å². The Morgan fingerprint density at radius 2 is 2.06 bits per heavy atom. The summed E-state index contributed by atoms with van der Waals surface area (Å²) >= 11 is 0. The Bertz CT molecular complexity index is 349. The lowest BCUT2D eigenvalue weighted by atomic mass is 9.72. The Kier molecular flexibility index (Phi) is 2.49. The van der Waals surface area contributed by atoms with Crippen molar-refractivity contribution >= 4 is 0 Å². The molecule has 0 unspecified atom stereocenters. The molecular formula is C16H26O. The highest BCUT2D eigenvalue weighted by atomic mass is 16.5. The Hall–Kier alpha value is -0.300. The monoisotopic (exact) mass is 234 g/mol. The Morgan fingerprint density at radius 3 is 2.76 bits per heavy atom. The van der Waals surface area contributed by atoms with Gasteiger partial charge < -0.3 is 4.74 Å². The molecule has 96 valence electrons. The summed E-state index contributed by atoms with van der Waals surface area (Å²) in [7, 11) is 0. The molecule has 0 amide bonds. The van der Waals surface area contributed by atoms with E-state index in [1.54, 1.807) is 5.57 Å². The number of ether oxygens (including phenoxy) is 1. The molecule has 4 atom stereocenters. The molecule has 0 aromatic rings. The molecule has 3 aliphatic carbocycles. The second kappa shape index (κ2) is 3.60. The van der Waals surface area contributed by atoms with Crippen molar-refractivity contribution in [3.8, 4) is 0 Å². The quantitative estimate of drug-likeness (QED) is 0.614. The minimum atomic E-state index is 0.00373. The van der Waals surface area contributed by atoms with Crippen LogP contribution in [0, 0.1) is 17.3 Å². The first kappa shape index (κ1) is 11.8. The van der Waals surface area contributed by atoms with Crippen molar-refractivity contribution in [3.05, 3.63) is 11.6 Å². The first-order valence-corrected chi connectivity index (χ1v) is 7.27. The van der Waals surface area contributed by atoms with Crippen LogP contribution in [-0.2, 0) is 4.74 Å². The number of hydrogen-bond acceptors (Lipinski definition) is 1. The summed E-state index contributed by atoms with van der Waals surface area (Å²) in [6.07, 6.45) is 9.96. The molecule has 0 aromatic heterocycles. The smallest absolute Gasteiger partial charge is 0.0715 e. The molecule has 0 saturated heterocycles. The largest absolute Gasteiger partial charge is 0.371 e. The second-order valence-corrected chi connectivity index (χ2v) is 7.64. The third-order valence-corrected chi connectivity index (χ3v) is 4.98. The van der Waals surface area contributed by atoms with E-state index in [2.05, 4.69) is 33.8 Å². The zero-order valence-electron chi connectivity index (χ0n) is 11.8. The zero-order chi connectivity index (χ0) is 12.3. The fourth-order valence-electron chi connectivity index (χ4n) is 4.53. The zero-order valence-corrected chi connectivity index (χ0v) is 11.8. The van der Waals surface area contributed by atoms with Crippen LogP contribution in [0.15, 0.2) is 11.6 Å². The van der Waals surface area contributed by atoms with Gasteiger partial charge in [0.2, 0.25) is 0 Å². The SMILES string of the molecule is CC(C)(C)O[C@H]1[C@@H]2C=C3CCCC[C@@](C)(C2)[C@H]31. The molecule has 0 aliphatic heterocycles. The van der Waals surface area contributed by atoms with Crippen molar-refractivity contribution in [1.29, 1.82) is 0 Å². The molecule has 3 aliphatic rings. The van der Waals surface area contributed by atoms with Gasteiger partial charge in [-0.3, -0.25) is 0 Å². The van der Waals surface area contributed by atoms with Crippen LogP contribution in [0.1, 0.15) is 59.8 Å². The topological polar surface area (TPSA) is 9.23 Å². The van der Waals surface area contributed by atoms with Crippen LogP contribution < -0.4 is 0 Å². The summed E-state index contributed by atoms with van der Waals surface area (Å²) in [5.74, 6) is 1.44. The summed E-state index contributed by atoms with van der Waals surface area (Å²) in [4.78, 5) is 0. The van der Waals surface area contributed by atoms with E-state index in [1.807, 2.05) is 0 Å². The number of fused-ring (bicyclic) bond motifs is 1. The van der Waals surface area contributed by atoms with E-state index >= 15 is 0 Å². The van der Waals surface area contributed by atoms with Gasteiger partial charge in [-0.1, -0.05) is 25.0 Å². The molecule has 2 bridgehead atoms. The molecule has 17 heavy (non-hydrogen) atoms. The molecule has 0 spiro atoms. The lowest BCUT2D eigenvalue weighted by Gasteiger charge is -2.35. The predicted molar refractivity (Wildman–Crippen MR) is 70.9 cm³/mol. The van der Waals surface area contributed by atoms with Gasteiger partial charge in [0.05, 0.1) is 11.7 Å². The van der Waals surface area contributed by atoms with E-state index in [4.69, 9.17) is 4.74 Å². The van der Waals surface area contributed by atoms with Gasteiger partial charge in [-0.05, 0) is 51.9 Å². The summed E-state index contributed by atoms with van der Waals surface area (Å²) < 4.78 is 6.39. The molecule has 0 N–H and O–H groups in total. The third-order valence-electron chi connectivity index (χ3n) is 4.98. The van der Waals surface area contributed by atoms with E-state index in [1.165, 1.54) is 32.1 Å². The van der Waals surface area contributed by atoms with Gasteiger partial charge in [0.25, 0.3) is 0 Å². The van der Waals surface area contributed by atoms with Gasteiger partial charge in [0.1, 0.15) is 0 Å². The van der Waals surface area contributed by atoms with Crippen LogP contribution in [0.4, 0.5) is 0 Å². The number of rotatable bonds is 1. The van der Waals surface area contributed by atoms with Crippen molar-refractivity contribution in [3.63, 3.8) is 0 Å². The fourth-order valence-corrected chi connectivity index (χ4v) is 4.53. The average Bonchev–Trinajstić information content (AvgIpc) is 2.58. The summed E-state index contributed by atoms with van der Waals surface area (Å²) in [5.41, 5.74) is 2.28. The minimum absolute atomic E-state index is 0.00373. The Morgan fingerprint density at radius 1 is 1.29 bits per heavy atom. The van der Waals surface area contributed by atoms with Crippen LogP contribution in [0.25, 0.3) is 0 Å². The molecule has 3 rings (SSSR count). The maximum absolute atomic E-state index is 6.39. The Labute approximate surface area is 106 Å². The van der Waals surface area contributed by atoms with Crippen molar-refractivity contribution in [1.82, 2.24) is 0 Å². The van der Waals surface area contributed by atoms with Crippen LogP contribution in [0.2, 0.25) is 0 Å². The van der Waals surface area contributed by atoms with Crippen molar-refractivity contribution in [2.75, 3.05) is 0 Å². The van der Waals surface area contributed by atoms with E-state index in [0.29, 0.717) is 17.4 Å². The van der Waals surface area contributed by atoms with E-state index in [9.17, 15) is 0 Å². The first-order valence-electron chi connectivity index (χ1n) is 7.27. The molecule has 2 saturated carbocycles. The summed E-state index contributed by atoms with van der Waals surface area (Å²) in [6.45, 7) is 9.10. The lowest BCUT2D eigenvalue weighted by molar-refractivity contribution is -0.0826. The van der Waals surface area contributed by atoms with E-state index in [0.717, 1.165) is 5.92 Å². The number of hydrogen-bond donors (Lipinski definition) is 0.